The van der Waals surface area contributed by atoms with Crippen molar-refractivity contribution in [2.24, 2.45) is 5.73 Å². The number of nitrogens with zero attached hydrogens (tertiary/aromatic N) is 2. The normalized spacial score (nSPS) is 10.1. The van der Waals surface area contributed by atoms with Crippen LogP contribution in [0.5, 0.6) is 0 Å². The molecule has 114 valence electrons. The zero-order valence-corrected chi connectivity index (χ0v) is 12.4. The third-order valence-electron chi connectivity index (χ3n) is 3.01. The lowest BCUT2D eigenvalue weighted by Crippen LogP contribution is -2.29. The lowest BCUT2D eigenvalue weighted by atomic mass is 10.2. The predicted octanol–water partition coefficient (Wildman–Crippen LogP) is 0.673. The number of hydrogen-bond acceptors (Lipinski definition) is 4. The quantitative estimate of drug-likeness (QED) is 0.768. The monoisotopic (exact) mass is 310 g/mol. The van der Waals surface area contributed by atoms with Gasteiger partial charge in [0.15, 0.2) is 0 Å². The lowest BCUT2D eigenvalue weighted by Gasteiger charge is -2.07. The van der Waals surface area contributed by atoms with Gasteiger partial charge in [0.25, 0.3) is 5.56 Å². The van der Waals surface area contributed by atoms with Crippen molar-refractivity contribution in [3.05, 3.63) is 40.9 Å². The summed E-state index contributed by atoms with van der Waals surface area (Å²) in [4.78, 5) is 28.0. The Morgan fingerprint density at radius 2 is 2.10 bits per heavy atom. The minimum atomic E-state index is -0.120. The molecule has 0 fully saturated rings. The fraction of sp³-hybridized carbons (Fsp3) is 0.357. The molecule has 0 aliphatic rings. The molecule has 2 rings (SSSR count). The van der Waals surface area contributed by atoms with Gasteiger partial charge in [-0.1, -0.05) is 12.1 Å². The van der Waals surface area contributed by atoms with Crippen LogP contribution in [0.4, 0.5) is 0 Å². The van der Waals surface area contributed by atoms with E-state index in [1.54, 1.807) is 18.2 Å². The van der Waals surface area contributed by atoms with Crippen molar-refractivity contribution in [1.29, 1.82) is 0 Å². The van der Waals surface area contributed by atoms with Crippen molar-refractivity contribution < 1.29 is 4.79 Å². The number of para-hydroxylation sites is 1. The Morgan fingerprint density at radius 1 is 1.33 bits per heavy atom. The average Bonchev–Trinajstić information content (AvgIpc) is 2.47. The van der Waals surface area contributed by atoms with Crippen molar-refractivity contribution in [2.45, 2.75) is 19.4 Å². The molecule has 1 aromatic carbocycles. The third kappa shape index (κ3) is 4.54. The number of carbonyl (C=O) groups is 1. The van der Waals surface area contributed by atoms with Gasteiger partial charge in [0.2, 0.25) is 5.91 Å². The van der Waals surface area contributed by atoms with Crippen LogP contribution in [0.2, 0.25) is 0 Å². The molecule has 1 aromatic heterocycles. The van der Waals surface area contributed by atoms with Gasteiger partial charge in [-0.3, -0.25) is 14.2 Å². The number of carbonyl (C=O) groups excluding carboxylic acids is 1. The van der Waals surface area contributed by atoms with E-state index in [1.807, 2.05) is 6.07 Å². The molecule has 0 bridgehead atoms. The molecule has 0 unspecified atom stereocenters. The smallest absolute Gasteiger partial charge is 0.261 e. The lowest BCUT2D eigenvalue weighted by molar-refractivity contribution is -0.121. The van der Waals surface area contributed by atoms with E-state index in [2.05, 4.69) is 10.3 Å². The van der Waals surface area contributed by atoms with Gasteiger partial charge < -0.3 is 11.1 Å². The Hall–Kier alpha value is -1.92. The van der Waals surface area contributed by atoms with Gasteiger partial charge in [-0.15, -0.1) is 12.4 Å². The number of hydrogen-bond donors (Lipinski definition) is 2. The molecule has 6 nitrogen and oxygen atoms in total. The number of benzene rings is 1. The standard InChI is InChI=1S/C14H18N4O2.ClH/c15-7-3-8-16-13(19)6-9-18-10-17-12-5-2-1-4-11(12)14(18)20;/h1-2,4-5,10H,3,6-9,15H2,(H,16,19);1H. The summed E-state index contributed by atoms with van der Waals surface area (Å²) in [5.74, 6) is -0.0847. The number of aromatic nitrogens is 2. The number of amides is 1. The predicted molar refractivity (Wildman–Crippen MR) is 84.5 cm³/mol. The van der Waals surface area contributed by atoms with Gasteiger partial charge in [0.05, 0.1) is 17.2 Å². The number of rotatable bonds is 6. The van der Waals surface area contributed by atoms with Crippen molar-refractivity contribution >= 4 is 29.2 Å². The first-order valence-electron chi connectivity index (χ1n) is 6.63. The van der Waals surface area contributed by atoms with Gasteiger partial charge in [-0.25, -0.2) is 4.98 Å². The van der Waals surface area contributed by atoms with Crippen LogP contribution in [-0.2, 0) is 11.3 Å². The molecular formula is C14H19ClN4O2. The van der Waals surface area contributed by atoms with Gasteiger partial charge in [-0.2, -0.15) is 0 Å². The zero-order chi connectivity index (χ0) is 14.4. The highest BCUT2D eigenvalue weighted by Gasteiger charge is 2.05. The van der Waals surface area contributed by atoms with E-state index in [4.69, 9.17) is 5.73 Å². The molecule has 0 saturated carbocycles. The first-order valence-corrected chi connectivity index (χ1v) is 6.63. The van der Waals surface area contributed by atoms with E-state index < -0.39 is 0 Å². The Morgan fingerprint density at radius 3 is 2.86 bits per heavy atom. The van der Waals surface area contributed by atoms with E-state index in [0.29, 0.717) is 30.5 Å². The molecule has 0 spiro atoms. The Kier molecular flexibility index (Phi) is 6.84. The highest BCUT2D eigenvalue weighted by molar-refractivity contribution is 5.85. The van der Waals surface area contributed by atoms with Crippen molar-refractivity contribution in [2.75, 3.05) is 13.1 Å². The third-order valence-corrected chi connectivity index (χ3v) is 3.01. The number of fused-ring (bicyclic) bond motifs is 1. The fourth-order valence-electron chi connectivity index (χ4n) is 1.91. The summed E-state index contributed by atoms with van der Waals surface area (Å²) in [5, 5.41) is 3.32. The first-order chi connectivity index (χ1) is 9.72. The highest BCUT2D eigenvalue weighted by atomic mass is 35.5. The fourth-order valence-corrected chi connectivity index (χ4v) is 1.91. The minimum Gasteiger partial charge on any atom is -0.356 e. The molecule has 7 heteroatoms. The topological polar surface area (TPSA) is 90.0 Å². The van der Waals surface area contributed by atoms with Gasteiger partial charge in [0, 0.05) is 19.5 Å². The van der Waals surface area contributed by atoms with Crippen molar-refractivity contribution in [1.82, 2.24) is 14.9 Å². The van der Waals surface area contributed by atoms with Crippen LogP contribution in [0.25, 0.3) is 10.9 Å². The molecule has 1 amide bonds. The average molecular weight is 311 g/mol. The first kappa shape index (κ1) is 17.1. The van der Waals surface area contributed by atoms with Crippen LogP contribution in [0.1, 0.15) is 12.8 Å². The van der Waals surface area contributed by atoms with Crippen LogP contribution < -0.4 is 16.6 Å². The van der Waals surface area contributed by atoms with Crippen LogP contribution in [0.3, 0.4) is 0 Å². The maximum absolute atomic E-state index is 12.2. The van der Waals surface area contributed by atoms with E-state index in [0.717, 1.165) is 6.42 Å². The van der Waals surface area contributed by atoms with E-state index in [9.17, 15) is 9.59 Å². The van der Waals surface area contributed by atoms with E-state index >= 15 is 0 Å². The number of nitrogens with two attached hydrogens (primary N) is 1. The molecule has 0 saturated heterocycles. The summed E-state index contributed by atoms with van der Waals surface area (Å²) in [6, 6.07) is 7.17. The molecule has 0 aliphatic carbocycles. The number of halogens is 1. The Bertz CT molecular complexity index is 657. The summed E-state index contributed by atoms with van der Waals surface area (Å²) in [6.45, 7) is 1.44. The van der Waals surface area contributed by atoms with Gasteiger partial charge in [-0.05, 0) is 25.1 Å². The Labute approximate surface area is 128 Å². The van der Waals surface area contributed by atoms with Crippen LogP contribution in [0.15, 0.2) is 35.4 Å². The molecule has 3 N–H and O–H groups in total. The second-order valence-corrected chi connectivity index (χ2v) is 4.50. The summed E-state index contributed by atoms with van der Waals surface area (Å²) in [7, 11) is 0. The zero-order valence-electron chi connectivity index (χ0n) is 11.6. The summed E-state index contributed by atoms with van der Waals surface area (Å²) < 4.78 is 1.46. The van der Waals surface area contributed by atoms with E-state index in [1.165, 1.54) is 10.9 Å². The molecule has 0 radical (unpaired) electrons. The van der Waals surface area contributed by atoms with Crippen LogP contribution in [-0.4, -0.2) is 28.5 Å². The maximum Gasteiger partial charge on any atom is 0.261 e. The SMILES string of the molecule is Cl.NCCCNC(=O)CCn1cnc2ccccc2c1=O. The highest BCUT2D eigenvalue weighted by Crippen LogP contribution is 2.04. The second kappa shape index (κ2) is 8.39. The largest absolute Gasteiger partial charge is 0.356 e. The van der Waals surface area contributed by atoms with Crippen LogP contribution in [0, 0.1) is 0 Å². The Balaban J connectivity index is 0.00000220. The summed E-state index contributed by atoms with van der Waals surface area (Å²) >= 11 is 0. The summed E-state index contributed by atoms with van der Waals surface area (Å²) in [5.41, 5.74) is 5.90. The molecule has 21 heavy (non-hydrogen) atoms. The van der Waals surface area contributed by atoms with Crippen LogP contribution >= 0.6 is 12.4 Å². The molecule has 1 heterocycles. The van der Waals surface area contributed by atoms with Crippen molar-refractivity contribution in [3.8, 4) is 0 Å². The molecule has 2 aromatic rings. The number of nitrogens with one attached hydrogen (secondary N) is 1. The van der Waals surface area contributed by atoms with Crippen molar-refractivity contribution in [3.63, 3.8) is 0 Å². The molecule has 0 aliphatic heterocycles. The summed E-state index contributed by atoms with van der Waals surface area (Å²) in [6.07, 6.45) is 2.49. The number of aryl methyl sites for hydroxylation is 1. The van der Waals surface area contributed by atoms with Gasteiger partial charge >= 0.3 is 0 Å². The molecule has 0 atom stereocenters. The van der Waals surface area contributed by atoms with Gasteiger partial charge in [0.1, 0.15) is 0 Å². The minimum absolute atomic E-state index is 0. The van der Waals surface area contributed by atoms with E-state index in [-0.39, 0.29) is 30.3 Å². The second-order valence-electron chi connectivity index (χ2n) is 4.50. The molecular weight excluding hydrogens is 292 g/mol. The maximum atomic E-state index is 12.2.